The van der Waals surface area contributed by atoms with Gasteiger partial charge in [-0.05, 0) is 30.3 Å². The van der Waals surface area contributed by atoms with Gasteiger partial charge in [0.15, 0.2) is 0 Å². The van der Waals surface area contributed by atoms with Crippen molar-refractivity contribution >= 4 is 53.3 Å². The molecule has 0 spiro atoms. The maximum atomic E-state index is 5.34. The molecule has 5 aromatic rings. The zero-order chi connectivity index (χ0) is 14.7. The number of H-pyrrole nitrogens is 1. The average molecular weight is 303 g/mol. The van der Waals surface area contributed by atoms with E-state index in [4.69, 9.17) is 4.74 Å². The van der Waals surface area contributed by atoms with Gasteiger partial charge < -0.3 is 9.72 Å². The molecule has 2 nitrogen and oxygen atoms in total. The van der Waals surface area contributed by atoms with Crippen molar-refractivity contribution in [2.45, 2.75) is 0 Å². The maximum Gasteiger partial charge on any atom is 0.120 e. The Morgan fingerprint density at radius 1 is 0.818 bits per heavy atom. The van der Waals surface area contributed by atoms with Crippen molar-refractivity contribution in [2.24, 2.45) is 0 Å². The highest BCUT2D eigenvalue weighted by Crippen LogP contribution is 2.41. The van der Waals surface area contributed by atoms with Crippen molar-refractivity contribution in [1.82, 2.24) is 4.98 Å². The highest BCUT2D eigenvalue weighted by atomic mass is 32.1. The molecule has 0 radical (unpaired) electrons. The van der Waals surface area contributed by atoms with Crippen LogP contribution in [0.25, 0.3) is 42.0 Å². The van der Waals surface area contributed by atoms with Crippen LogP contribution in [0.3, 0.4) is 0 Å². The largest absolute Gasteiger partial charge is 0.497 e. The summed E-state index contributed by atoms with van der Waals surface area (Å²) in [6.45, 7) is 0. The molecule has 0 saturated carbocycles. The third-order valence-corrected chi connectivity index (χ3v) is 5.44. The zero-order valence-electron chi connectivity index (χ0n) is 12.0. The van der Waals surface area contributed by atoms with Crippen LogP contribution < -0.4 is 4.74 Å². The number of hydrogen-bond acceptors (Lipinski definition) is 2. The van der Waals surface area contributed by atoms with Crippen molar-refractivity contribution in [2.75, 3.05) is 7.11 Å². The number of aromatic amines is 1. The van der Waals surface area contributed by atoms with Crippen molar-refractivity contribution < 1.29 is 4.74 Å². The van der Waals surface area contributed by atoms with Crippen LogP contribution >= 0.6 is 11.3 Å². The second kappa shape index (κ2) is 4.24. The Kier molecular flexibility index (Phi) is 2.33. The molecule has 22 heavy (non-hydrogen) atoms. The summed E-state index contributed by atoms with van der Waals surface area (Å²) in [4.78, 5) is 3.52. The normalized spacial score (nSPS) is 11.9. The molecule has 1 N–H and O–H groups in total. The molecule has 2 heterocycles. The average Bonchev–Trinajstić information content (AvgIpc) is 3.11. The first-order valence-electron chi connectivity index (χ1n) is 7.25. The van der Waals surface area contributed by atoms with E-state index in [0.717, 1.165) is 11.3 Å². The van der Waals surface area contributed by atoms with Crippen LogP contribution in [0.15, 0.2) is 54.6 Å². The molecule has 2 aromatic heterocycles. The predicted molar refractivity (Wildman–Crippen MR) is 95.2 cm³/mol. The summed E-state index contributed by atoms with van der Waals surface area (Å²) in [6, 6.07) is 19.3. The van der Waals surface area contributed by atoms with Gasteiger partial charge >= 0.3 is 0 Å². The van der Waals surface area contributed by atoms with Crippen LogP contribution in [0, 0.1) is 0 Å². The van der Waals surface area contributed by atoms with Gasteiger partial charge in [-0.25, -0.2) is 0 Å². The molecule has 3 heteroatoms. The molecule has 5 rings (SSSR count). The van der Waals surface area contributed by atoms with Crippen LogP contribution in [0.2, 0.25) is 0 Å². The van der Waals surface area contributed by atoms with Gasteiger partial charge in [-0.3, -0.25) is 0 Å². The molecular formula is C19H13NOS. The number of rotatable bonds is 1. The van der Waals surface area contributed by atoms with Crippen molar-refractivity contribution in [3.8, 4) is 5.75 Å². The lowest BCUT2D eigenvalue weighted by Gasteiger charge is -1.99. The van der Waals surface area contributed by atoms with Crippen LogP contribution in [0.1, 0.15) is 0 Å². The Morgan fingerprint density at radius 3 is 2.64 bits per heavy atom. The van der Waals surface area contributed by atoms with Crippen molar-refractivity contribution in [3.63, 3.8) is 0 Å². The van der Waals surface area contributed by atoms with Gasteiger partial charge in [0, 0.05) is 42.5 Å². The number of hydrogen-bond donors (Lipinski definition) is 1. The fraction of sp³-hybridized carbons (Fsp3) is 0.0526. The Labute approximate surface area is 130 Å². The molecule has 106 valence electrons. The number of aromatic nitrogens is 1. The zero-order valence-corrected chi connectivity index (χ0v) is 12.8. The van der Waals surface area contributed by atoms with Crippen LogP contribution in [-0.2, 0) is 0 Å². The molecule has 0 unspecified atom stereocenters. The van der Waals surface area contributed by atoms with Gasteiger partial charge in [-0.2, -0.15) is 0 Å². The summed E-state index contributed by atoms with van der Waals surface area (Å²) in [7, 11) is 1.70. The molecule has 3 aromatic carbocycles. The Hall–Kier alpha value is -2.52. The smallest absolute Gasteiger partial charge is 0.120 e. The lowest BCUT2D eigenvalue weighted by atomic mass is 10.1. The topological polar surface area (TPSA) is 25.0 Å². The minimum atomic E-state index is 0.880. The van der Waals surface area contributed by atoms with E-state index in [-0.39, 0.29) is 0 Å². The number of thiophene rings is 1. The molecule has 0 aliphatic carbocycles. The Morgan fingerprint density at radius 2 is 1.73 bits per heavy atom. The van der Waals surface area contributed by atoms with Gasteiger partial charge in [-0.1, -0.05) is 18.2 Å². The van der Waals surface area contributed by atoms with E-state index in [1.54, 1.807) is 7.11 Å². The third-order valence-electron chi connectivity index (χ3n) is 4.31. The van der Waals surface area contributed by atoms with E-state index in [0.29, 0.717) is 0 Å². The molecule has 0 aliphatic rings. The number of methoxy groups -OCH3 is 1. The highest BCUT2D eigenvalue weighted by molar-refractivity contribution is 7.26. The minimum absolute atomic E-state index is 0.880. The van der Waals surface area contributed by atoms with E-state index in [1.807, 2.05) is 17.4 Å². The van der Waals surface area contributed by atoms with Crippen molar-refractivity contribution in [3.05, 3.63) is 54.6 Å². The van der Waals surface area contributed by atoms with Crippen LogP contribution in [0.5, 0.6) is 5.75 Å². The number of ether oxygens (including phenoxy) is 1. The first-order valence-corrected chi connectivity index (χ1v) is 8.06. The second-order valence-corrected chi connectivity index (χ2v) is 6.58. The first kappa shape index (κ1) is 12.1. The summed E-state index contributed by atoms with van der Waals surface area (Å²) < 4.78 is 8.02. The maximum absolute atomic E-state index is 5.34. The summed E-state index contributed by atoms with van der Waals surface area (Å²) in [5.41, 5.74) is 2.30. The van der Waals surface area contributed by atoms with E-state index in [2.05, 4.69) is 53.5 Å². The van der Waals surface area contributed by atoms with Crippen LogP contribution in [-0.4, -0.2) is 12.1 Å². The van der Waals surface area contributed by atoms with E-state index >= 15 is 0 Å². The number of fused-ring (bicyclic) bond motifs is 7. The third kappa shape index (κ3) is 1.49. The summed E-state index contributed by atoms with van der Waals surface area (Å²) in [6.07, 6.45) is 0. The molecular weight excluding hydrogens is 290 g/mol. The van der Waals surface area contributed by atoms with Gasteiger partial charge in [0.2, 0.25) is 0 Å². The van der Waals surface area contributed by atoms with Gasteiger partial charge in [0.1, 0.15) is 5.75 Å². The summed E-state index contributed by atoms with van der Waals surface area (Å²) >= 11 is 1.86. The second-order valence-electron chi connectivity index (χ2n) is 5.50. The lowest BCUT2D eigenvalue weighted by Crippen LogP contribution is -1.80. The van der Waals surface area contributed by atoms with E-state index in [9.17, 15) is 0 Å². The van der Waals surface area contributed by atoms with Gasteiger partial charge in [0.05, 0.1) is 12.6 Å². The van der Waals surface area contributed by atoms with Gasteiger partial charge in [0.25, 0.3) is 0 Å². The van der Waals surface area contributed by atoms with Crippen molar-refractivity contribution in [1.29, 1.82) is 0 Å². The fourth-order valence-electron chi connectivity index (χ4n) is 3.32. The monoisotopic (exact) mass is 303 g/mol. The molecule has 0 aliphatic heterocycles. The molecule has 0 amide bonds. The Balaban J connectivity index is 2.06. The first-order chi connectivity index (χ1) is 10.8. The summed E-state index contributed by atoms with van der Waals surface area (Å²) in [5.74, 6) is 0.880. The highest BCUT2D eigenvalue weighted by Gasteiger charge is 2.13. The molecule has 0 bridgehead atoms. The molecule has 0 fully saturated rings. The molecule has 0 saturated heterocycles. The van der Waals surface area contributed by atoms with Crippen LogP contribution in [0.4, 0.5) is 0 Å². The standard InChI is InChI=1S/C19H13NOS/c1-21-11-6-7-12-15(10-11)20-14-8-9-17-19(18(12)14)13-4-2-3-5-16(13)22-17/h2-10,20H,1H3. The Bertz CT molecular complexity index is 1170. The quantitative estimate of drug-likeness (QED) is 0.422. The number of nitrogens with one attached hydrogen (secondary N) is 1. The van der Waals surface area contributed by atoms with E-state index in [1.165, 1.54) is 36.5 Å². The lowest BCUT2D eigenvalue weighted by molar-refractivity contribution is 0.415. The number of benzene rings is 3. The van der Waals surface area contributed by atoms with Gasteiger partial charge in [-0.15, -0.1) is 11.3 Å². The SMILES string of the molecule is COc1ccc2c(c1)[nH]c1ccc3sc4ccccc4c3c12. The van der Waals surface area contributed by atoms with E-state index < -0.39 is 0 Å². The molecule has 0 atom stereocenters. The fourth-order valence-corrected chi connectivity index (χ4v) is 4.43. The summed E-state index contributed by atoms with van der Waals surface area (Å²) in [5, 5.41) is 5.26. The predicted octanol–water partition coefficient (Wildman–Crippen LogP) is 5.70. The minimum Gasteiger partial charge on any atom is -0.497 e.